The molecule has 182 valence electrons. The van der Waals surface area contributed by atoms with Crippen LogP contribution in [0.2, 0.25) is 0 Å². The fourth-order valence-corrected chi connectivity index (χ4v) is 5.81. The normalized spacial score (nSPS) is 23.1. The molecule has 1 aromatic rings. The molecule has 1 aliphatic carbocycles. The third-order valence-corrected chi connectivity index (χ3v) is 7.98. The molecule has 2 heterocycles. The zero-order valence-corrected chi connectivity index (χ0v) is 20.6. The Bertz CT molecular complexity index is 871. The largest absolute Gasteiger partial charge is 0.349 e. The standard InChI is InChI=1S/C27H40FN3O2/c1-26(2,3)11-16-30-17-12-27(13-18-30)10-8-23(21-7-6-20(28)19-22(21)27)29-24(32)9-15-31-14-4-5-25(31)33/h6-7,19,23H,4-5,8-18H2,1-3H3,(H,29,32)/t23-/m1/s1. The van der Waals surface area contributed by atoms with E-state index in [1.165, 1.54) is 12.5 Å². The molecule has 2 saturated heterocycles. The van der Waals surface area contributed by atoms with E-state index in [1.54, 1.807) is 11.0 Å². The van der Waals surface area contributed by atoms with Crippen LogP contribution in [0.15, 0.2) is 18.2 Å². The van der Waals surface area contributed by atoms with Crippen LogP contribution in [0.5, 0.6) is 0 Å². The van der Waals surface area contributed by atoms with Crippen LogP contribution in [0, 0.1) is 11.2 Å². The van der Waals surface area contributed by atoms with Crippen LogP contribution >= 0.6 is 0 Å². The summed E-state index contributed by atoms with van der Waals surface area (Å²) in [6.07, 6.45) is 6.95. The molecule has 2 amide bonds. The maximum Gasteiger partial charge on any atom is 0.222 e. The van der Waals surface area contributed by atoms with Gasteiger partial charge in [-0.1, -0.05) is 26.8 Å². The summed E-state index contributed by atoms with van der Waals surface area (Å²) >= 11 is 0. The Labute approximate surface area is 198 Å². The van der Waals surface area contributed by atoms with Crippen LogP contribution in [-0.4, -0.2) is 54.3 Å². The highest BCUT2D eigenvalue weighted by Crippen LogP contribution is 2.48. The Morgan fingerprint density at radius 3 is 2.58 bits per heavy atom. The van der Waals surface area contributed by atoms with Crippen molar-refractivity contribution >= 4 is 11.8 Å². The van der Waals surface area contributed by atoms with Gasteiger partial charge in [0.2, 0.25) is 11.8 Å². The molecule has 0 saturated carbocycles. The zero-order chi connectivity index (χ0) is 23.6. The number of carbonyl (C=O) groups is 2. The van der Waals surface area contributed by atoms with Crippen molar-refractivity contribution in [2.45, 2.75) is 83.6 Å². The lowest BCUT2D eigenvalue weighted by atomic mass is 9.63. The molecule has 0 aromatic heterocycles. The van der Waals surface area contributed by atoms with E-state index in [2.05, 4.69) is 31.0 Å². The fraction of sp³-hybridized carbons (Fsp3) is 0.704. The van der Waals surface area contributed by atoms with E-state index in [0.29, 0.717) is 24.8 Å². The molecule has 0 unspecified atom stereocenters. The molecule has 6 heteroatoms. The molecule has 5 nitrogen and oxygen atoms in total. The molecule has 1 atom stereocenters. The lowest BCUT2D eigenvalue weighted by molar-refractivity contribution is -0.128. The average Bonchev–Trinajstić information content (AvgIpc) is 3.18. The molecule has 3 aliphatic rings. The summed E-state index contributed by atoms with van der Waals surface area (Å²) in [5.41, 5.74) is 2.53. The summed E-state index contributed by atoms with van der Waals surface area (Å²) in [5, 5.41) is 3.19. The van der Waals surface area contributed by atoms with E-state index < -0.39 is 0 Å². The van der Waals surface area contributed by atoms with Gasteiger partial charge < -0.3 is 15.1 Å². The summed E-state index contributed by atoms with van der Waals surface area (Å²) in [7, 11) is 0. The van der Waals surface area contributed by atoms with Crippen LogP contribution in [0.1, 0.15) is 89.3 Å². The SMILES string of the molecule is CC(C)(C)CCN1CCC2(CC[C@@H](NC(=O)CCN3CCCC3=O)c3ccc(F)cc32)CC1. The van der Waals surface area contributed by atoms with Gasteiger partial charge in [-0.3, -0.25) is 9.59 Å². The Balaban J connectivity index is 1.40. The lowest BCUT2D eigenvalue weighted by Crippen LogP contribution is -2.47. The molecule has 4 rings (SSSR count). The molecule has 2 fully saturated rings. The van der Waals surface area contributed by atoms with E-state index in [0.717, 1.165) is 69.4 Å². The number of likely N-dealkylation sites (tertiary alicyclic amines) is 2. The van der Waals surface area contributed by atoms with E-state index in [4.69, 9.17) is 0 Å². The minimum atomic E-state index is -0.192. The van der Waals surface area contributed by atoms with Crippen molar-refractivity contribution in [1.82, 2.24) is 15.1 Å². The molecule has 0 radical (unpaired) electrons. The number of hydrogen-bond acceptors (Lipinski definition) is 3. The van der Waals surface area contributed by atoms with Crippen LogP contribution in [0.4, 0.5) is 4.39 Å². The number of hydrogen-bond donors (Lipinski definition) is 1. The average molecular weight is 458 g/mol. The predicted octanol–water partition coefficient (Wildman–Crippen LogP) is 4.56. The number of nitrogens with one attached hydrogen (secondary N) is 1. The van der Waals surface area contributed by atoms with E-state index in [1.807, 2.05) is 6.07 Å². The van der Waals surface area contributed by atoms with Crippen molar-refractivity contribution in [3.05, 3.63) is 35.1 Å². The van der Waals surface area contributed by atoms with Gasteiger partial charge in [-0.2, -0.15) is 0 Å². The second kappa shape index (κ2) is 9.73. The first-order valence-corrected chi connectivity index (χ1v) is 12.7. The van der Waals surface area contributed by atoms with Crippen molar-refractivity contribution in [2.75, 3.05) is 32.7 Å². The van der Waals surface area contributed by atoms with Gasteiger partial charge in [0.25, 0.3) is 0 Å². The Morgan fingerprint density at radius 2 is 1.91 bits per heavy atom. The molecule has 1 spiro atoms. The molecule has 33 heavy (non-hydrogen) atoms. The summed E-state index contributed by atoms with van der Waals surface area (Å²) in [4.78, 5) is 28.8. The number of carbonyl (C=O) groups excluding carboxylic acids is 2. The van der Waals surface area contributed by atoms with Crippen molar-refractivity contribution in [3.8, 4) is 0 Å². The first kappa shape index (κ1) is 24.2. The predicted molar refractivity (Wildman–Crippen MR) is 128 cm³/mol. The third-order valence-electron chi connectivity index (χ3n) is 7.98. The van der Waals surface area contributed by atoms with Gasteiger partial charge in [0.15, 0.2) is 0 Å². The van der Waals surface area contributed by atoms with Crippen LogP contribution in [0.25, 0.3) is 0 Å². The Kier molecular flexibility index (Phi) is 7.13. The smallest absolute Gasteiger partial charge is 0.222 e. The van der Waals surface area contributed by atoms with Gasteiger partial charge in [-0.25, -0.2) is 4.39 Å². The third kappa shape index (κ3) is 5.76. The number of nitrogens with zero attached hydrogens (tertiary/aromatic N) is 2. The topological polar surface area (TPSA) is 52.7 Å². The fourth-order valence-electron chi connectivity index (χ4n) is 5.81. The van der Waals surface area contributed by atoms with Gasteiger partial charge in [0.05, 0.1) is 6.04 Å². The minimum Gasteiger partial charge on any atom is -0.349 e. The number of amides is 2. The molecular weight excluding hydrogens is 417 g/mol. The van der Waals surface area contributed by atoms with Crippen molar-refractivity contribution in [3.63, 3.8) is 0 Å². The minimum absolute atomic E-state index is 0.0128. The summed E-state index contributed by atoms with van der Waals surface area (Å²) in [6.45, 7) is 11.3. The van der Waals surface area contributed by atoms with Gasteiger partial charge in [-0.05, 0) is 92.2 Å². The van der Waals surface area contributed by atoms with E-state index in [-0.39, 0.29) is 29.1 Å². The number of fused-ring (bicyclic) bond motifs is 2. The maximum atomic E-state index is 14.3. The Morgan fingerprint density at radius 1 is 1.15 bits per heavy atom. The van der Waals surface area contributed by atoms with Crippen LogP contribution < -0.4 is 5.32 Å². The highest BCUT2D eigenvalue weighted by atomic mass is 19.1. The first-order chi connectivity index (χ1) is 15.7. The van der Waals surface area contributed by atoms with Crippen molar-refractivity contribution < 1.29 is 14.0 Å². The van der Waals surface area contributed by atoms with Gasteiger partial charge in [0.1, 0.15) is 5.82 Å². The first-order valence-electron chi connectivity index (χ1n) is 12.7. The number of rotatable bonds is 6. The maximum absolute atomic E-state index is 14.3. The molecular formula is C27H40FN3O2. The Hall–Kier alpha value is -1.95. The lowest BCUT2D eigenvalue weighted by Gasteiger charge is -2.47. The zero-order valence-electron chi connectivity index (χ0n) is 20.6. The summed E-state index contributed by atoms with van der Waals surface area (Å²) in [6, 6.07) is 5.05. The highest BCUT2D eigenvalue weighted by molar-refractivity contribution is 5.80. The number of benzene rings is 1. The monoisotopic (exact) mass is 457 g/mol. The second-order valence-corrected chi connectivity index (χ2v) is 11.6. The van der Waals surface area contributed by atoms with Crippen LogP contribution in [-0.2, 0) is 15.0 Å². The van der Waals surface area contributed by atoms with E-state index >= 15 is 0 Å². The van der Waals surface area contributed by atoms with Crippen molar-refractivity contribution in [1.29, 1.82) is 0 Å². The molecule has 2 aliphatic heterocycles. The van der Waals surface area contributed by atoms with Gasteiger partial charge in [0, 0.05) is 25.9 Å². The molecule has 0 bridgehead atoms. The number of halogens is 1. The molecule has 1 N–H and O–H groups in total. The van der Waals surface area contributed by atoms with Gasteiger partial charge in [-0.15, -0.1) is 0 Å². The summed E-state index contributed by atoms with van der Waals surface area (Å²) in [5.74, 6) is -0.0668. The second-order valence-electron chi connectivity index (χ2n) is 11.6. The van der Waals surface area contributed by atoms with E-state index in [9.17, 15) is 14.0 Å². The van der Waals surface area contributed by atoms with Gasteiger partial charge >= 0.3 is 0 Å². The quantitative estimate of drug-likeness (QED) is 0.681. The summed E-state index contributed by atoms with van der Waals surface area (Å²) < 4.78 is 14.3. The van der Waals surface area contributed by atoms with Crippen molar-refractivity contribution in [2.24, 2.45) is 5.41 Å². The number of piperidine rings is 1. The van der Waals surface area contributed by atoms with Crippen LogP contribution in [0.3, 0.4) is 0 Å². The molecule has 1 aromatic carbocycles. The highest BCUT2D eigenvalue weighted by Gasteiger charge is 2.42.